The summed E-state index contributed by atoms with van der Waals surface area (Å²) in [6, 6.07) is 4.10. The summed E-state index contributed by atoms with van der Waals surface area (Å²) in [5.41, 5.74) is 3.20. The van der Waals surface area contributed by atoms with Crippen molar-refractivity contribution in [1.82, 2.24) is 4.98 Å². The minimum absolute atomic E-state index is 0.631. The summed E-state index contributed by atoms with van der Waals surface area (Å²) >= 11 is 0. The molecule has 0 bridgehead atoms. The van der Waals surface area contributed by atoms with Gasteiger partial charge in [0.05, 0.1) is 16.9 Å². The molecule has 17 heavy (non-hydrogen) atoms. The lowest BCUT2D eigenvalue weighted by Gasteiger charge is -2.10. The standard InChI is InChI=1S/C13H19N3O/c1-4-17-7-5-6-15-13-8-10(2)16-11(3)12(13)9-14/h8H,4-7H2,1-3H3,(H,15,16). The predicted molar refractivity (Wildman–Crippen MR) is 68.0 cm³/mol. The van der Waals surface area contributed by atoms with Crippen molar-refractivity contribution >= 4 is 5.69 Å². The number of hydrogen-bond donors (Lipinski definition) is 1. The van der Waals surface area contributed by atoms with Gasteiger partial charge in [0.2, 0.25) is 0 Å². The van der Waals surface area contributed by atoms with Gasteiger partial charge in [0.15, 0.2) is 0 Å². The first-order chi connectivity index (χ1) is 8.19. The second-order valence-electron chi connectivity index (χ2n) is 3.86. The van der Waals surface area contributed by atoms with Crippen molar-refractivity contribution in [3.8, 4) is 6.07 Å². The fourth-order valence-corrected chi connectivity index (χ4v) is 1.65. The molecule has 0 atom stereocenters. The van der Waals surface area contributed by atoms with E-state index < -0.39 is 0 Å². The van der Waals surface area contributed by atoms with Crippen LogP contribution >= 0.6 is 0 Å². The summed E-state index contributed by atoms with van der Waals surface area (Å²) in [5.74, 6) is 0. The minimum atomic E-state index is 0.631. The van der Waals surface area contributed by atoms with Crippen LogP contribution in [0.4, 0.5) is 5.69 Å². The Morgan fingerprint density at radius 3 is 2.88 bits per heavy atom. The zero-order chi connectivity index (χ0) is 12.7. The Kier molecular flexibility index (Phi) is 5.44. The van der Waals surface area contributed by atoms with E-state index in [-0.39, 0.29) is 0 Å². The number of anilines is 1. The van der Waals surface area contributed by atoms with E-state index in [0.29, 0.717) is 5.56 Å². The summed E-state index contributed by atoms with van der Waals surface area (Å²) in [6.07, 6.45) is 0.930. The smallest absolute Gasteiger partial charge is 0.103 e. The van der Waals surface area contributed by atoms with Crippen molar-refractivity contribution in [2.75, 3.05) is 25.1 Å². The number of pyridine rings is 1. The van der Waals surface area contributed by atoms with Crippen LogP contribution in [0.25, 0.3) is 0 Å². The monoisotopic (exact) mass is 233 g/mol. The molecule has 0 aliphatic carbocycles. The Balaban J connectivity index is 2.61. The maximum absolute atomic E-state index is 9.08. The SMILES string of the molecule is CCOCCCNc1cc(C)nc(C)c1C#N. The van der Waals surface area contributed by atoms with Crippen LogP contribution in [0.3, 0.4) is 0 Å². The molecule has 0 aliphatic rings. The van der Waals surface area contributed by atoms with Crippen molar-refractivity contribution in [1.29, 1.82) is 5.26 Å². The van der Waals surface area contributed by atoms with E-state index in [2.05, 4.69) is 16.4 Å². The normalized spacial score (nSPS) is 10.0. The maximum atomic E-state index is 9.08. The third-order valence-corrected chi connectivity index (χ3v) is 2.43. The number of rotatable bonds is 6. The van der Waals surface area contributed by atoms with Gasteiger partial charge >= 0.3 is 0 Å². The van der Waals surface area contributed by atoms with Crippen molar-refractivity contribution in [2.45, 2.75) is 27.2 Å². The summed E-state index contributed by atoms with van der Waals surface area (Å²) in [4.78, 5) is 4.28. The van der Waals surface area contributed by atoms with Crippen LogP contribution in [0.5, 0.6) is 0 Å². The molecule has 0 aliphatic heterocycles. The van der Waals surface area contributed by atoms with E-state index in [1.54, 1.807) is 0 Å². The Morgan fingerprint density at radius 1 is 1.47 bits per heavy atom. The van der Waals surface area contributed by atoms with E-state index >= 15 is 0 Å². The highest BCUT2D eigenvalue weighted by Gasteiger charge is 2.06. The highest BCUT2D eigenvalue weighted by molar-refractivity contribution is 5.59. The van der Waals surface area contributed by atoms with Crippen molar-refractivity contribution in [3.05, 3.63) is 23.0 Å². The van der Waals surface area contributed by atoms with Gasteiger partial charge in [-0.1, -0.05) is 0 Å². The van der Waals surface area contributed by atoms with Crippen molar-refractivity contribution < 1.29 is 4.74 Å². The first-order valence-electron chi connectivity index (χ1n) is 5.89. The third-order valence-electron chi connectivity index (χ3n) is 2.43. The molecule has 1 aromatic heterocycles. The molecule has 1 heterocycles. The summed E-state index contributed by atoms with van der Waals surface area (Å²) in [5, 5.41) is 12.3. The molecule has 0 radical (unpaired) electrons. The second-order valence-corrected chi connectivity index (χ2v) is 3.86. The number of nitriles is 1. The zero-order valence-electron chi connectivity index (χ0n) is 10.7. The molecular formula is C13H19N3O. The average Bonchev–Trinajstić information content (AvgIpc) is 2.28. The van der Waals surface area contributed by atoms with E-state index in [1.165, 1.54) is 0 Å². The molecule has 0 spiro atoms. The molecular weight excluding hydrogens is 214 g/mol. The van der Waals surface area contributed by atoms with Gasteiger partial charge in [-0.3, -0.25) is 4.98 Å². The van der Waals surface area contributed by atoms with Crippen molar-refractivity contribution in [2.24, 2.45) is 0 Å². The largest absolute Gasteiger partial charge is 0.384 e. The summed E-state index contributed by atoms with van der Waals surface area (Å²) in [7, 11) is 0. The average molecular weight is 233 g/mol. The molecule has 4 nitrogen and oxygen atoms in total. The number of aryl methyl sites for hydroxylation is 2. The minimum Gasteiger partial charge on any atom is -0.384 e. The zero-order valence-corrected chi connectivity index (χ0v) is 10.7. The molecule has 1 rings (SSSR count). The molecule has 1 N–H and O–H groups in total. The quantitative estimate of drug-likeness (QED) is 0.766. The highest BCUT2D eigenvalue weighted by Crippen LogP contribution is 2.18. The lowest BCUT2D eigenvalue weighted by atomic mass is 10.1. The van der Waals surface area contributed by atoms with Gasteiger partial charge in [-0.15, -0.1) is 0 Å². The number of aromatic nitrogens is 1. The van der Waals surface area contributed by atoms with Crippen LogP contribution in [0, 0.1) is 25.2 Å². The van der Waals surface area contributed by atoms with Crippen LogP contribution in [-0.4, -0.2) is 24.7 Å². The van der Waals surface area contributed by atoms with Gasteiger partial charge in [0.25, 0.3) is 0 Å². The maximum Gasteiger partial charge on any atom is 0.103 e. The Labute approximate surface area is 103 Å². The number of nitrogens with one attached hydrogen (secondary N) is 1. The van der Waals surface area contributed by atoms with Crippen LogP contribution in [0.2, 0.25) is 0 Å². The van der Waals surface area contributed by atoms with Gasteiger partial charge in [-0.25, -0.2) is 0 Å². The molecule has 0 saturated heterocycles. The first-order valence-corrected chi connectivity index (χ1v) is 5.89. The summed E-state index contributed by atoms with van der Waals surface area (Å²) < 4.78 is 5.26. The molecule has 0 unspecified atom stereocenters. The molecule has 1 aromatic rings. The second kappa shape index (κ2) is 6.87. The predicted octanol–water partition coefficient (Wildman–Crippen LogP) is 2.41. The Bertz CT molecular complexity index is 410. The van der Waals surface area contributed by atoms with Crippen LogP contribution < -0.4 is 5.32 Å². The highest BCUT2D eigenvalue weighted by atomic mass is 16.5. The van der Waals surface area contributed by atoms with E-state index in [1.807, 2.05) is 26.8 Å². The Morgan fingerprint density at radius 2 is 2.24 bits per heavy atom. The van der Waals surface area contributed by atoms with Crippen molar-refractivity contribution in [3.63, 3.8) is 0 Å². The van der Waals surface area contributed by atoms with Gasteiger partial charge in [0, 0.05) is 25.5 Å². The molecule has 0 fully saturated rings. The fraction of sp³-hybridized carbons (Fsp3) is 0.538. The molecule has 0 aromatic carbocycles. The van der Waals surface area contributed by atoms with Gasteiger partial charge in [-0.2, -0.15) is 5.26 Å². The molecule has 0 amide bonds. The third kappa shape index (κ3) is 4.04. The number of ether oxygens (including phenoxy) is 1. The van der Waals surface area contributed by atoms with Gasteiger partial charge in [-0.05, 0) is 33.3 Å². The van der Waals surface area contributed by atoms with Gasteiger partial charge < -0.3 is 10.1 Å². The lowest BCUT2D eigenvalue weighted by Crippen LogP contribution is -2.08. The van der Waals surface area contributed by atoms with Crippen LogP contribution in [0.15, 0.2) is 6.07 Å². The number of hydrogen-bond acceptors (Lipinski definition) is 4. The topological polar surface area (TPSA) is 57.9 Å². The molecule has 4 heteroatoms. The summed E-state index contributed by atoms with van der Waals surface area (Å²) in [6.45, 7) is 8.07. The molecule has 92 valence electrons. The van der Waals surface area contributed by atoms with E-state index in [9.17, 15) is 0 Å². The van der Waals surface area contributed by atoms with E-state index in [0.717, 1.165) is 43.3 Å². The van der Waals surface area contributed by atoms with E-state index in [4.69, 9.17) is 10.00 Å². The van der Waals surface area contributed by atoms with Gasteiger partial charge in [0.1, 0.15) is 6.07 Å². The lowest BCUT2D eigenvalue weighted by molar-refractivity contribution is 0.147. The fourth-order valence-electron chi connectivity index (χ4n) is 1.65. The van der Waals surface area contributed by atoms with Crippen LogP contribution in [0.1, 0.15) is 30.3 Å². The van der Waals surface area contributed by atoms with Crippen LogP contribution in [-0.2, 0) is 4.74 Å². The molecule has 0 saturated carbocycles. The number of nitrogens with zero attached hydrogens (tertiary/aromatic N) is 2. The Hall–Kier alpha value is -1.60. The first kappa shape index (κ1) is 13.5.